The number of nitrogens with one attached hydrogen (secondary N) is 1. The quantitative estimate of drug-likeness (QED) is 0.822. The summed E-state index contributed by atoms with van der Waals surface area (Å²) in [4.78, 5) is 4.54. The van der Waals surface area contributed by atoms with Gasteiger partial charge in [-0.25, -0.2) is 4.98 Å². The maximum atomic E-state index is 5.63. The topological polar surface area (TPSA) is 50.9 Å². The number of aromatic nitrogens is 1. The summed E-state index contributed by atoms with van der Waals surface area (Å²) in [5, 5.41) is 3.07. The fourth-order valence-electron chi connectivity index (χ4n) is 1.64. The van der Waals surface area contributed by atoms with Crippen LogP contribution in [0.4, 0.5) is 5.82 Å². The third-order valence-corrected chi connectivity index (χ3v) is 2.51. The van der Waals surface area contributed by atoms with E-state index in [-0.39, 0.29) is 0 Å². The standard InChI is InChI=1S/C13H15N3/c1-15-13-11(9-14)7-8-12(16-13)10-5-3-2-4-6-10/h2-8H,9,14H2,1H3,(H,15,16). The van der Waals surface area contributed by atoms with E-state index in [1.165, 1.54) is 0 Å². The molecule has 3 nitrogen and oxygen atoms in total. The molecule has 0 unspecified atom stereocenters. The Balaban J connectivity index is 2.44. The zero-order valence-corrected chi connectivity index (χ0v) is 9.27. The highest BCUT2D eigenvalue weighted by Gasteiger charge is 2.04. The Labute approximate surface area is 95.3 Å². The molecule has 0 aliphatic carbocycles. The molecular weight excluding hydrogens is 198 g/mol. The summed E-state index contributed by atoms with van der Waals surface area (Å²) >= 11 is 0. The van der Waals surface area contributed by atoms with E-state index < -0.39 is 0 Å². The van der Waals surface area contributed by atoms with Crippen molar-refractivity contribution in [3.8, 4) is 11.3 Å². The van der Waals surface area contributed by atoms with Crippen molar-refractivity contribution in [2.75, 3.05) is 12.4 Å². The summed E-state index contributed by atoms with van der Waals surface area (Å²) in [5.41, 5.74) is 8.74. The lowest BCUT2D eigenvalue weighted by Crippen LogP contribution is -2.04. The molecule has 0 bridgehead atoms. The zero-order valence-electron chi connectivity index (χ0n) is 9.27. The first-order valence-corrected chi connectivity index (χ1v) is 5.28. The fourth-order valence-corrected chi connectivity index (χ4v) is 1.64. The molecule has 0 saturated heterocycles. The summed E-state index contributed by atoms with van der Waals surface area (Å²) in [6.07, 6.45) is 0. The van der Waals surface area contributed by atoms with Gasteiger partial charge in [-0.2, -0.15) is 0 Å². The van der Waals surface area contributed by atoms with Crippen molar-refractivity contribution in [2.45, 2.75) is 6.54 Å². The first-order chi connectivity index (χ1) is 7.85. The van der Waals surface area contributed by atoms with Crippen LogP contribution in [0.3, 0.4) is 0 Å². The van der Waals surface area contributed by atoms with E-state index in [9.17, 15) is 0 Å². The summed E-state index contributed by atoms with van der Waals surface area (Å²) in [7, 11) is 1.86. The Morgan fingerprint density at radius 1 is 1.12 bits per heavy atom. The Morgan fingerprint density at radius 3 is 2.50 bits per heavy atom. The van der Waals surface area contributed by atoms with Gasteiger partial charge in [0.15, 0.2) is 0 Å². The smallest absolute Gasteiger partial charge is 0.130 e. The molecular formula is C13H15N3. The van der Waals surface area contributed by atoms with Gasteiger partial charge < -0.3 is 11.1 Å². The molecule has 2 rings (SSSR count). The van der Waals surface area contributed by atoms with E-state index in [4.69, 9.17) is 5.73 Å². The molecule has 0 amide bonds. The predicted molar refractivity (Wildman–Crippen MR) is 67.1 cm³/mol. The molecule has 16 heavy (non-hydrogen) atoms. The van der Waals surface area contributed by atoms with Crippen molar-refractivity contribution in [1.29, 1.82) is 0 Å². The van der Waals surface area contributed by atoms with Crippen molar-refractivity contribution in [3.63, 3.8) is 0 Å². The van der Waals surface area contributed by atoms with Gasteiger partial charge in [-0.1, -0.05) is 36.4 Å². The van der Waals surface area contributed by atoms with Crippen LogP contribution in [0, 0.1) is 0 Å². The second-order valence-electron chi connectivity index (χ2n) is 3.52. The second kappa shape index (κ2) is 4.77. The highest BCUT2D eigenvalue weighted by atomic mass is 15.0. The SMILES string of the molecule is CNc1nc(-c2ccccc2)ccc1CN. The number of nitrogens with zero attached hydrogens (tertiary/aromatic N) is 1. The molecule has 0 aliphatic rings. The number of benzene rings is 1. The van der Waals surface area contributed by atoms with Crippen LogP contribution in [0.2, 0.25) is 0 Å². The van der Waals surface area contributed by atoms with Gasteiger partial charge in [-0.05, 0) is 6.07 Å². The number of pyridine rings is 1. The van der Waals surface area contributed by atoms with Crippen LogP contribution in [0.25, 0.3) is 11.3 Å². The van der Waals surface area contributed by atoms with E-state index in [1.807, 2.05) is 49.5 Å². The van der Waals surface area contributed by atoms with E-state index in [2.05, 4.69) is 10.3 Å². The van der Waals surface area contributed by atoms with Crippen LogP contribution < -0.4 is 11.1 Å². The van der Waals surface area contributed by atoms with Crippen molar-refractivity contribution < 1.29 is 0 Å². The molecule has 1 heterocycles. The molecule has 3 heteroatoms. The van der Waals surface area contributed by atoms with E-state index in [0.29, 0.717) is 6.54 Å². The number of anilines is 1. The zero-order chi connectivity index (χ0) is 11.4. The lowest BCUT2D eigenvalue weighted by Gasteiger charge is -2.08. The summed E-state index contributed by atoms with van der Waals surface area (Å²) in [6, 6.07) is 14.1. The van der Waals surface area contributed by atoms with E-state index in [1.54, 1.807) is 0 Å². The highest BCUT2D eigenvalue weighted by molar-refractivity contribution is 5.62. The van der Waals surface area contributed by atoms with Gasteiger partial charge in [-0.3, -0.25) is 0 Å². The molecule has 1 aromatic carbocycles. The molecule has 3 N–H and O–H groups in total. The molecule has 0 spiro atoms. The van der Waals surface area contributed by atoms with Gasteiger partial charge >= 0.3 is 0 Å². The first kappa shape index (κ1) is 10.6. The minimum Gasteiger partial charge on any atom is -0.373 e. The Hall–Kier alpha value is -1.87. The van der Waals surface area contributed by atoms with Gasteiger partial charge in [0.2, 0.25) is 0 Å². The molecule has 0 fully saturated rings. The molecule has 1 aromatic heterocycles. The Bertz CT molecular complexity index is 466. The normalized spacial score (nSPS) is 10.1. The van der Waals surface area contributed by atoms with Crippen LogP contribution in [0.1, 0.15) is 5.56 Å². The van der Waals surface area contributed by atoms with Crippen LogP contribution in [-0.4, -0.2) is 12.0 Å². The Morgan fingerprint density at radius 2 is 1.88 bits per heavy atom. The van der Waals surface area contributed by atoms with E-state index >= 15 is 0 Å². The van der Waals surface area contributed by atoms with E-state index in [0.717, 1.165) is 22.6 Å². The summed E-state index contributed by atoms with van der Waals surface area (Å²) in [6.45, 7) is 0.498. The van der Waals surface area contributed by atoms with Crippen molar-refractivity contribution >= 4 is 5.82 Å². The third-order valence-electron chi connectivity index (χ3n) is 2.51. The van der Waals surface area contributed by atoms with Gasteiger partial charge in [0.05, 0.1) is 5.69 Å². The Kier molecular flexibility index (Phi) is 3.17. The van der Waals surface area contributed by atoms with Gasteiger partial charge in [0.1, 0.15) is 5.82 Å². The molecule has 0 radical (unpaired) electrons. The number of hydrogen-bond donors (Lipinski definition) is 2. The lowest BCUT2D eigenvalue weighted by molar-refractivity contribution is 1.05. The van der Waals surface area contributed by atoms with Crippen molar-refractivity contribution in [3.05, 3.63) is 48.0 Å². The minimum absolute atomic E-state index is 0.498. The number of nitrogens with two attached hydrogens (primary N) is 1. The van der Waals surface area contributed by atoms with Crippen LogP contribution in [-0.2, 0) is 6.54 Å². The van der Waals surface area contributed by atoms with Gasteiger partial charge in [0.25, 0.3) is 0 Å². The molecule has 82 valence electrons. The number of rotatable bonds is 3. The highest BCUT2D eigenvalue weighted by Crippen LogP contribution is 2.20. The van der Waals surface area contributed by atoms with Crippen LogP contribution >= 0.6 is 0 Å². The maximum absolute atomic E-state index is 5.63. The van der Waals surface area contributed by atoms with Crippen LogP contribution in [0.5, 0.6) is 0 Å². The van der Waals surface area contributed by atoms with Gasteiger partial charge in [-0.15, -0.1) is 0 Å². The average Bonchev–Trinajstić information content (AvgIpc) is 2.39. The summed E-state index contributed by atoms with van der Waals surface area (Å²) in [5.74, 6) is 0.851. The molecule has 0 aliphatic heterocycles. The number of hydrogen-bond acceptors (Lipinski definition) is 3. The predicted octanol–water partition coefficient (Wildman–Crippen LogP) is 2.25. The van der Waals surface area contributed by atoms with Crippen molar-refractivity contribution in [2.24, 2.45) is 5.73 Å². The van der Waals surface area contributed by atoms with Crippen molar-refractivity contribution in [1.82, 2.24) is 4.98 Å². The average molecular weight is 213 g/mol. The minimum atomic E-state index is 0.498. The third kappa shape index (κ3) is 2.04. The van der Waals surface area contributed by atoms with Crippen LogP contribution in [0.15, 0.2) is 42.5 Å². The maximum Gasteiger partial charge on any atom is 0.130 e. The fraction of sp³-hybridized carbons (Fsp3) is 0.154. The van der Waals surface area contributed by atoms with Gasteiger partial charge in [0, 0.05) is 24.7 Å². The molecule has 0 saturated carbocycles. The largest absolute Gasteiger partial charge is 0.373 e. The molecule has 0 atom stereocenters. The monoisotopic (exact) mass is 213 g/mol. The molecule has 2 aromatic rings. The second-order valence-corrected chi connectivity index (χ2v) is 3.52. The lowest BCUT2D eigenvalue weighted by atomic mass is 10.1. The summed E-state index contributed by atoms with van der Waals surface area (Å²) < 4.78 is 0. The first-order valence-electron chi connectivity index (χ1n) is 5.28.